The van der Waals surface area contributed by atoms with Gasteiger partial charge in [-0.05, 0) is 25.0 Å². The van der Waals surface area contributed by atoms with Crippen LogP contribution in [0, 0.1) is 6.92 Å². The van der Waals surface area contributed by atoms with Crippen LogP contribution >= 0.6 is 11.3 Å². The molecule has 2 rings (SSSR count). The van der Waals surface area contributed by atoms with Crippen LogP contribution in [0.2, 0.25) is 0 Å². The lowest BCUT2D eigenvalue weighted by Crippen LogP contribution is -2.13. The van der Waals surface area contributed by atoms with Crippen molar-refractivity contribution in [2.75, 3.05) is 5.32 Å². The Balaban J connectivity index is 2.11. The zero-order valence-electron chi connectivity index (χ0n) is 10.6. The number of hydrogen-bond donors (Lipinski definition) is 1. The first kappa shape index (κ1) is 12.7. The van der Waals surface area contributed by atoms with Crippen LogP contribution in [-0.2, 0) is 0 Å². The molecule has 4 nitrogen and oxygen atoms in total. The molecule has 18 heavy (non-hydrogen) atoms. The van der Waals surface area contributed by atoms with E-state index in [9.17, 15) is 4.79 Å². The first-order chi connectivity index (χ1) is 8.56. The normalized spacial score (nSPS) is 10.7. The number of pyridine rings is 1. The Bertz CT molecular complexity index is 563. The number of nitrogens with zero attached hydrogens (tertiary/aromatic N) is 2. The molecule has 0 radical (unpaired) electrons. The molecule has 0 saturated heterocycles. The van der Waals surface area contributed by atoms with Crippen LogP contribution in [0.4, 0.5) is 5.13 Å². The summed E-state index contributed by atoms with van der Waals surface area (Å²) in [5.41, 5.74) is 2.23. The lowest BCUT2D eigenvalue weighted by Gasteiger charge is -2.02. The maximum absolute atomic E-state index is 11.9. The van der Waals surface area contributed by atoms with E-state index >= 15 is 0 Å². The van der Waals surface area contributed by atoms with E-state index in [1.165, 1.54) is 11.3 Å². The maximum Gasteiger partial charge on any atom is 0.276 e. The van der Waals surface area contributed by atoms with Gasteiger partial charge in [0.2, 0.25) is 0 Å². The second-order valence-corrected chi connectivity index (χ2v) is 5.21. The fourth-order valence-electron chi connectivity index (χ4n) is 1.44. The van der Waals surface area contributed by atoms with Gasteiger partial charge in [-0.3, -0.25) is 10.1 Å². The van der Waals surface area contributed by atoms with Crippen molar-refractivity contribution in [3.05, 3.63) is 40.7 Å². The Morgan fingerprint density at radius 1 is 1.33 bits per heavy atom. The first-order valence-electron chi connectivity index (χ1n) is 5.76. The number of rotatable bonds is 3. The highest BCUT2D eigenvalue weighted by atomic mass is 32.1. The number of hydrogen-bond acceptors (Lipinski definition) is 4. The third-order valence-corrected chi connectivity index (χ3v) is 3.23. The topological polar surface area (TPSA) is 54.9 Å². The molecule has 0 unspecified atom stereocenters. The van der Waals surface area contributed by atoms with E-state index in [0.717, 1.165) is 11.4 Å². The molecular formula is C13H15N3OS. The summed E-state index contributed by atoms with van der Waals surface area (Å²) >= 11 is 1.43. The highest BCUT2D eigenvalue weighted by molar-refractivity contribution is 7.14. The molecule has 0 spiro atoms. The summed E-state index contributed by atoms with van der Waals surface area (Å²) < 4.78 is 0. The standard InChI is InChI=1S/C13H15N3OS/c1-8(2)11-7-18-13(15-11)16-12(17)10-6-4-5-9(3)14-10/h4-8H,1-3H3,(H,15,16,17). The molecule has 0 aliphatic heterocycles. The first-order valence-corrected chi connectivity index (χ1v) is 6.64. The Kier molecular flexibility index (Phi) is 3.72. The number of thiazole rings is 1. The molecule has 0 fully saturated rings. The minimum absolute atomic E-state index is 0.219. The van der Waals surface area contributed by atoms with E-state index in [-0.39, 0.29) is 5.91 Å². The molecule has 0 bridgehead atoms. The Labute approximate surface area is 110 Å². The second-order valence-electron chi connectivity index (χ2n) is 4.35. The van der Waals surface area contributed by atoms with Crippen LogP contribution < -0.4 is 5.32 Å². The molecule has 2 aromatic heterocycles. The predicted molar refractivity (Wildman–Crippen MR) is 73.1 cm³/mol. The molecule has 0 saturated carbocycles. The van der Waals surface area contributed by atoms with Crippen molar-refractivity contribution in [3.63, 3.8) is 0 Å². The second kappa shape index (κ2) is 5.27. The zero-order chi connectivity index (χ0) is 13.1. The van der Waals surface area contributed by atoms with Crippen molar-refractivity contribution in [3.8, 4) is 0 Å². The average Bonchev–Trinajstić information content (AvgIpc) is 2.77. The number of amides is 1. The van der Waals surface area contributed by atoms with Gasteiger partial charge in [0, 0.05) is 11.1 Å². The quantitative estimate of drug-likeness (QED) is 0.923. The van der Waals surface area contributed by atoms with Gasteiger partial charge in [0.15, 0.2) is 5.13 Å². The van der Waals surface area contributed by atoms with Crippen molar-refractivity contribution < 1.29 is 4.79 Å². The monoisotopic (exact) mass is 261 g/mol. The highest BCUT2D eigenvalue weighted by Gasteiger charge is 2.11. The van der Waals surface area contributed by atoms with Gasteiger partial charge in [0.1, 0.15) is 5.69 Å². The minimum Gasteiger partial charge on any atom is -0.296 e. The summed E-state index contributed by atoms with van der Waals surface area (Å²) in [6.45, 7) is 6.00. The summed E-state index contributed by atoms with van der Waals surface area (Å²) in [5, 5.41) is 5.35. The van der Waals surface area contributed by atoms with Crippen LogP contribution in [0.1, 0.15) is 41.6 Å². The highest BCUT2D eigenvalue weighted by Crippen LogP contribution is 2.21. The Hall–Kier alpha value is -1.75. The fourth-order valence-corrected chi connectivity index (χ4v) is 2.31. The van der Waals surface area contributed by atoms with Crippen molar-refractivity contribution >= 4 is 22.4 Å². The largest absolute Gasteiger partial charge is 0.296 e. The summed E-state index contributed by atoms with van der Waals surface area (Å²) in [6.07, 6.45) is 0. The van der Waals surface area contributed by atoms with E-state index in [0.29, 0.717) is 16.7 Å². The van der Waals surface area contributed by atoms with Crippen LogP contribution in [0.15, 0.2) is 23.6 Å². The molecule has 1 N–H and O–H groups in total. The smallest absolute Gasteiger partial charge is 0.276 e. The summed E-state index contributed by atoms with van der Waals surface area (Å²) in [4.78, 5) is 20.5. The predicted octanol–water partition coefficient (Wildman–Crippen LogP) is 3.22. The number of aryl methyl sites for hydroxylation is 1. The molecule has 5 heteroatoms. The van der Waals surface area contributed by atoms with Crippen LogP contribution in [0.25, 0.3) is 0 Å². The van der Waals surface area contributed by atoms with E-state index in [4.69, 9.17) is 0 Å². The number of anilines is 1. The zero-order valence-corrected chi connectivity index (χ0v) is 11.4. The van der Waals surface area contributed by atoms with Crippen molar-refractivity contribution in [2.45, 2.75) is 26.7 Å². The van der Waals surface area contributed by atoms with Crippen molar-refractivity contribution in [2.24, 2.45) is 0 Å². The summed E-state index contributed by atoms with van der Waals surface area (Å²) in [7, 11) is 0. The average molecular weight is 261 g/mol. The molecule has 2 aromatic rings. The third-order valence-electron chi connectivity index (χ3n) is 2.45. The molecule has 0 aliphatic rings. The van der Waals surface area contributed by atoms with Gasteiger partial charge < -0.3 is 0 Å². The van der Waals surface area contributed by atoms with Crippen LogP contribution in [0.3, 0.4) is 0 Å². The molecule has 1 amide bonds. The van der Waals surface area contributed by atoms with Gasteiger partial charge in [-0.2, -0.15) is 0 Å². The van der Waals surface area contributed by atoms with Gasteiger partial charge in [-0.1, -0.05) is 19.9 Å². The number of aromatic nitrogens is 2. The van der Waals surface area contributed by atoms with E-state index in [2.05, 4.69) is 29.1 Å². The van der Waals surface area contributed by atoms with Gasteiger partial charge >= 0.3 is 0 Å². The molecular weight excluding hydrogens is 246 g/mol. The summed E-state index contributed by atoms with van der Waals surface area (Å²) in [6, 6.07) is 5.37. The third kappa shape index (κ3) is 2.92. The van der Waals surface area contributed by atoms with Gasteiger partial charge in [0.05, 0.1) is 5.69 Å². The number of carbonyl (C=O) groups is 1. The van der Waals surface area contributed by atoms with Gasteiger partial charge in [-0.25, -0.2) is 9.97 Å². The lowest BCUT2D eigenvalue weighted by molar-refractivity contribution is 0.102. The maximum atomic E-state index is 11.9. The Morgan fingerprint density at radius 3 is 2.72 bits per heavy atom. The summed E-state index contributed by atoms with van der Waals surface area (Å²) in [5.74, 6) is 0.146. The minimum atomic E-state index is -0.219. The number of nitrogens with one attached hydrogen (secondary N) is 1. The van der Waals surface area contributed by atoms with Gasteiger partial charge in [-0.15, -0.1) is 11.3 Å². The SMILES string of the molecule is Cc1cccc(C(=O)Nc2nc(C(C)C)cs2)n1. The van der Waals surface area contributed by atoms with Crippen LogP contribution in [0.5, 0.6) is 0 Å². The van der Waals surface area contributed by atoms with Gasteiger partial charge in [0.25, 0.3) is 5.91 Å². The van der Waals surface area contributed by atoms with E-state index < -0.39 is 0 Å². The number of carbonyl (C=O) groups excluding carboxylic acids is 1. The molecule has 94 valence electrons. The van der Waals surface area contributed by atoms with Crippen LogP contribution in [-0.4, -0.2) is 15.9 Å². The van der Waals surface area contributed by atoms with E-state index in [1.807, 2.05) is 24.4 Å². The van der Waals surface area contributed by atoms with E-state index in [1.54, 1.807) is 6.07 Å². The van der Waals surface area contributed by atoms with Crippen molar-refractivity contribution in [1.29, 1.82) is 0 Å². The molecule has 0 aliphatic carbocycles. The van der Waals surface area contributed by atoms with Crippen molar-refractivity contribution in [1.82, 2.24) is 9.97 Å². The Morgan fingerprint density at radius 2 is 2.11 bits per heavy atom. The molecule has 0 aromatic carbocycles. The fraction of sp³-hybridized carbons (Fsp3) is 0.308. The molecule has 0 atom stereocenters. The lowest BCUT2D eigenvalue weighted by atomic mass is 10.2. The molecule has 2 heterocycles.